The molecule has 1 aromatic heterocycles. The molecule has 2 heterocycles. The van der Waals surface area contributed by atoms with Crippen LogP contribution in [0.15, 0.2) is 41.3 Å². The van der Waals surface area contributed by atoms with Crippen molar-refractivity contribution in [2.45, 2.75) is 73.8 Å². The molecular weight excluding hydrogens is 450 g/mol. The molecule has 4 rings (SSSR count). The number of hydrogen-bond acceptors (Lipinski definition) is 4. The van der Waals surface area contributed by atoms with Crippen LogP contribution in [0.25, 0.3) is 22.0 Å². The average molecular weight is 492 g/mol. The van der Waals surface area contributed by atoms with E-state index in [-0.39, 0.29) is 22.3 Å². The third-order valence-corrected chi connectivity index (χ3v) is 6.94. The van der Waals surface area contributed by atoms with Gasteiger partial charge in [-0.1, -0.05) is 60.6 Å². The van der Waals surface area contributed by atoms with Crippen molar-refractivity contribution in [2.75, 3.05) is 20.3 Å². The maximum atomic E-state index is 14.3. The van der Waals surface area contributed by atoms with Gasteiger partial charge >= 0.3 is 0 Å². The second kappa shape index (κ2) is 9.84. The number of pyridine rings is 1. The van der Waals surface area contributed by atoms with E-state index in [1.165, 1.54) is 0 Å². The summed E-state index contributed by atoms with van der Waals surface area (Å²) >= 11 is 0. The van der Waals surface area contributed by atoms with E-state index in [1.807, 2.05) is 30.3 Å². The molecule has 3 aromatic rings. The highest BCUT2D eigenvalue weighted by atomic mass is 16.5. The molecule has 0 saturated heterocycles. The molecule has 194 valence electrons. The Hall–Kier alpha value is -2.95. The van der Waals surface area contributed by atoms with E-state index < -0.39 is 0 Å². The molecule has 0 atom stereocenters. The monoisotopic (exact) mass is 491 g/mol. The number of methoxy groups -OCH3 is 1. The first-order valence-corrected chi connectivity index (χ1v) is 13.1. The molecule has 36 heavy (non-hydrogen) atoms. The van der Waals surface area contributed by atoms with Crippen molar-refractivity contribution in [2.24, 2.45) is 10.8 Å². The highest BCUT2D eigenvalue weighted by Gasteiger charge is 2.38. The first kappa shape index (κ1) is 26.1. The largest absolute Gasteiger partial charge is 0.497 e. The lowest BCUT2D eigenvalue weighted by molar-refractivity contribution is 0.114. The Labute approximate surface area is 215 Å². The summed E-state index contributed by atoms with van der Waals surface area (Å²) in [7, 11) is 1.65. The molecule has 2 aromatic carbocycles. The fourth-order valence-corrected chi connectivity index (χ4v) is 6.01. The van der Waals surface area contributed by atoms with E-state index in [2.05, 4.69) is 59.2 Å². The van der Waals surface area contributed by atoms with Gasteiger partial charge in [-0.25, -0.2) is 0 Å². The number of aromatic nitrogens is 1. The van der Waals surface area contributed by atoms with Gasteiger partial charge < -0.3 is 18.8 Å². The van der Waals surface area contributed by atoms with Gasteiger partial charge in [-0.2, -0.15) is 0 Å². The van der Waals surface area contributed by atoms with Crippen LogP contribution in [0.4, 0.5) is 0 Å². The molecule has 0 fully saturated rings. The van der Waals surface area contributed by atoms with E-state index in [0.29, 0.717) is 18.8 Å². The van der Waals surface area contributed by atoms with Gasteiger partial charge in [-0.3, -0.25) is 4.79 Å². The molecule has 0 aliphatic carbocycles. The minimum absolute atomic E-state index is 0.0247. The minimum Gasteiger partial charge on any atom is -0.497 e. The van der Waals surface area contributed by atoms with Gasteiger partial charge in [0.1, 0.15) is 17.2 Å². The summed E-state index contributed by atoms with van der Waals surface area (Å²) in [5.41, 5.74) is 3.31. The Morgan fingerprint density at radius 3 is 2.31 bits per heavy atom. The van der Waals surface area contributed by atoms with E-state index in [0.717, 1.165) is 58.5 Å². The van der Waals surface area contributed by atoms with Crippen LogP contribution >= 0.6 is 0 Å². The van der Waals surface area contributed by atoms with Crippen LogP contribution in [-0.2, 0) is 6.42 Å². The summed E-state index contributed by atoms with van der Waals surface area (Å²) in [5.74, 6) is 2.27. The van der Waals surface area contributed by atoms with Crippen molar-refractivity contribution in [3.05, 3.63) is 52.3 Å². The zero-order chi connectivity index (χ0) is 26.3. The maximum absolute atomic E-state index is 14.3. The zero-order valence-electron chi connectivity index (χ0n) is 23.2. The van der Waals surface area contributed by atoms with Gasteiger partial charge in [0.25, 0.3) is 0 Å². The number of hydrogen-bond donors (Lipinski definition) is 0. The fourth-order valence-electron chi connectivity index (χ4n) is 6.01. The fraction of sp³-hybridized carbons (Fsp3) is 0.516. The standard InChI is InChI=1S/C31H41NO4/c1-9-16-35-25-18-24-22(11-10-17-36-24)26-27(25)32(29(30(2,3)4)31(5,6)7)19-23(28(26)33)20-12-14-21(34-8)15-13-20/h12-15,18-19,29H,9-11,16-17H2,1-8H3. The molecule has 0 saturated carbocycles. The molecular formula is C31H41NO4. The van der Waals surface area contributed by atoms with Crippen LogP contribution in [0, 0.1) is 10.8 Å². The normalized spacial score (nSPS) is 14.0. The highest BCUT2D eigenvalue weighted by molar-refractivity contribution is 5.93. The van der Waals surface area contributed by atoms with Crippen molar-refractivity contribution in [3.8, 4) is 28.4 Å². The van der Waals surface area contributed by atoms with E-state index in [4.69, 9.17) is 14.2 Å². The van der Waals surface area contributed by atoms with Crippen LogP contribution in [0.1, 0.15) is 72.9 Å². The Kier molecular flexibility index (Phi) is 7.14. The Morgan fingerprint density at radius 2 is 1.72 bits per heavy atom. The van der Waals surface area contributed by atoms with Crippen LogP contribution in [-0.4, -0.2) is 24.9 Å². The number of aryl methyl sites for hydroxylation is 1. The Morgan fingerprint density at radius 1 is 1.06 bits per heavy atom. The molecule has 0 amide bonds. The molecule has 1 aliphatic heterocycles. The number of nitrogens with zero attached hydrogens (tertiary/aromatic N) is 1. The lowest BCUT2D eigenvalue weighted by Gasteiger charge is -2.43. The lowest BCUT2D eigenvalue weighted by atomic mass is 9.71. The third kappa shape index (κ3) is 4.85. The van der Waals surface area contributed by atoms with Crippen molar-refractivity contribution < 1.29 is 14.2 Å². The van der Waals surface area contributed by atoms with Crippen molar-refractivity contribution in [3.63, 3.8) is 0 Å². The smallest absolute Gasteiger partial charge is 0.197 e. The molecule has 0 spiro atoms. The van der Waals surface area contributed by atoms with Gasteiger partial charge in [0.2, 0.25) is 0 Å². The summed E-state index contributed by atoms with van der Waals surface area (Å²) in [5, 5.41) is 0.727. The van der Waals surface area contributed by atoms with E-state index >= 15 is 0 Å². The number of fused-ring (bicyclic) bond motifs is 3. The summed E-state index contributed by atoms with van der Waals surface area (Å²) in [6, 6.07) is 9.86. The summed E-state index contributed by atoms with van der Waals surface area (Å²) in [6.45, 7) is 17.0. The van der Waals surface area contributed by atoms with Crippen LogP contribution in [0.3, 0.4) is 0 Å². The molecule has 1 aliphatic rings. The molecule has 0 bridgehead atoms. The Balaban J connectivity index is 2.17. The van der Waals surface area contributed by atoms with Crippen molar-refractivity contribution in [1.29, 1.82) is 0 Å². The molecule has 0 N–H and O–H groups in total. The molecule has 5 heteroatoms. The number of benzene rings is 2. The highest BCUT2D eigenvalue weighted by Crippen LogP contribution is 2.48. The third-order valence-electron chi connectivity index (χ3n) is 6.94. The first-order valence-electron chi connectivity index (χ1n) is 13.1. The topological polar surface area (TPSA) is 49.7 Å². The molecule has 0 radical (unpaired) electrons. The summed E-state index contributed by atoms with van der Waals surface area (Å²) in [4.78, 5) is 14.3. The molecule has 5 nitrogen and oxygen atoms in total. The number of rotatable bonds is 6. The van der Waals surface area contributed by atoms with Crippen molar-refractivity contribution in [1.82, 2.24) is 4.57 Å². The van der Waals surface area contributed by atoms with Gasteiger partial charge in [-0.15, -0.1) is 0 Å². The van der Waals surface area contributed by atoms with Crippen LogP contribution < -0.4 is 19.6 Å². The molecule has 0 unspecified atom stereocenters. The predicted molar refractivity (Wildman–Crippen MR) is 148 cm³/mol. The Bertz CT molecular complexity index is 1280. The number of ether oxygens (including phenoxy) is 3. The van der Waals surface area contributed by atoms with Crippen LogP contribution in [0.5, 0.6) is 17.2 Å². The second-order valence-electron chi connectivity index (χ2n) is 12.0. The van der Waals surface area contributed by atoms with Crippen molar-refractivity contribution >= 4 is 10.9 Å². The van der Waals surface area contributed by atoms with E-state index in [9.17, 15) is 4.79 Å². The summed E-state index contributed by atoms with van der Waals surface area (Å²) < 4.78 is 20.1. The SMILES string of the molecule is CCCOc1cc2c(c3c(=O)c(-c4ccc(OC)cc4)cn(C(C(C)(C)C)C(C)(C)C)c13)CCCO2. The maximum Gasteiger partial charge on any atom is 0.197 e. The first-order chi connectivity index (χ1) is 17.0. The lowest BCUT2D eigenvalue weighted by Crippen LogP contribution is -2.36. The minimum atomic E-state index is -0.0775. The average Bonchev–Trinajstić information content (AvgIpc) is 2.82. The predicted octanol–water partition coefficient (Wildman–Crippen LogP) is 7.42. The van der Waals surface area contributed by atoms with E-state index in [1.54, 1.807) is 7.11 Å². The summed E-state index contributed by atoms with van der Waals surface area (Å²) in [6.07, 6.45) is 4.65. The van der Waals surface area contributed by atoms with Crippen LogP contribution in [0.2, 0.25) is 0 Å². The quantitative estimate of drug-likeness (QED) is 0.360. The van der Waals surface area contributed by atoms with Gasteiger partial charge in [-0.05, 0) is 47.8 Å². The second-order valence-corrected chi connectivity index (χ2v) is 12.0. The zero-order valence-corrected chi connectivity index (χ0v) is 23.2. The van der Waals surface area contributed by atoms with Gasteiger partial charge in [0.15, 0.2) is 5.43 Å². The van der Waals surface area contributed by atoms with Gasteiger partial charge in [0.05, 0.1) is 31.2 Å². The van der Waals surface area contributed by atoms with Gasteiger partial charge in [0, 0.05) is 29.4 Å².